The van der Waals surface area contributed by atoms with Gasteiger partial charge in [0.2, 0.25) is 5.91 Å². The smallest absolute Gasteiger partial charge is 0.227 e. The molecule has 2 aromatic rings. The van der Waals surface area contributed by atoms with E-state index >= 15 is 0 Å². The van der Waals surface area contributed by atoms with Crippen LogP contribution in [0.5, 0.6) is 5.75 Å². The van der Waals surface area contributed by atoms with Crippen molar-refractivity contribution in [1.29, 1.82) is 0 Å². The quantitative estimate of drug-likeness (QED) is 0.849. The number of benzene rings is 2. The largest absolute Gasteiger partial charge is 0.489 e. The molecule has 1 aliphatic rings. The minimum Gasteiger partial charge on any atom is -0.489 e. The van der Waals surface area contributed by atoms with Crippen LogP contribution in [0.3, 0.4) is 0 Å². The highest BCUT2D eigenvalue weighted by Crippen LogP contribution is 2.23. The van der Waals surface area contributed by atoms with Crippen LogP contribution in [0, 0.1) is 12.8 Å². The van der Waals surface area contributed by atoms with Crippen LogP contribution in [-0.4, -0.2) is 19.0 Å². The van der Waals surface area contributed by atoms with E-state index in [1.54, 1.807) is 0 Å². The molecular formula is C20H25ClN2O2. The van der Waals surface area contributed by atoms with Crippen molar-refractivity contribution in [2.75, 3.05) is 18.4 Å². The zero-order valence-electron chi connectivity index (χ0n) is 14.5. The average Bonchev–Trinajstić information content (AvgIpc) is 2.64. The number of anilines is 1. The predicted octanol–water partition coefficient (Wildman–Crippen LogP) is 3.93. The van der Waals surface area contributed by atoms with Crippen LogP contribution >= 0.6 is 12.4 Å². The van der Waals surface area contributed by atoms with E-state index in [9.17, 15) is 4.79 Å². The lowest BCUT2D eigenvalue weighted by molar-refractivity contribution is -0.120. The average molecular weight is 361 g/mol. The van der Waals surface area contributed by atoms with E-state index in [4.69, 9.17) is 4.74 Å². The minimum absolute atomic E-state index is 0. The summed E-state index contributed by atoms with van der Waals surface area (Å²) in [5, 5.41) is 6.39. The standard InChI is InChI=1S/C20H24N2O2.ClH/c1-15-17(14-24-18-7-3-2-4-8-18)6-5-9-19(15)22-20(23)16-10-12-21-13-11-16;/h2-9,16,21H,10-14H2,1H3,(H,22,23);1H. The zero-order chi connectivity index (χ0) is 16.8. The molecule has 0 saturated carbocycles. The Morgan fingerprint density at radius 3 is 2.56 bits per heavy atom. The molecule has 0 aromatic heterocycles. The fourth-order valence-electron chi connectivity index (χ4n) is 2.97. The van der Waals surface area contributed by atoms with Crippen molar-refractivity contribution in [2.24, 2.45) is 5.92 Å². The molecule has 25 heavy (non-hydrogen) atoms. The molecule has 0 aliphatic carbocycles. The molecule has 3 rings (SSSR count). The number of hydrogen-bond acceptors (Lipinski definition) is 3. The molecule has 0 unspecified atom stereocenters. The molecule has 0 spiro atoms. The van der Waals surface area contributed by atoms with Gasteiger partial charge >= 0.3 is 0 Å². The number of para-hydroxylation sites is 1. The van der Waals surface area contributed by atoms with Crippen LogP contribution in [0.2, 0.25) is 0 Å². The van der Waals surface area contributed by atoms with Gasteiger partial charge in [-0.05, 0) is 62.2 Å². The Kier molecular flexibility index (Phi) is 7.29. The molecule has 1 saturated heterocycles. The number of piperidine rings is 1. The molecular weight excluding hydrogens is 336 g/mol. The van der Waals surface area contributed by atoms with Gasteiger partial charge in [0.15, 0.2) is 0 Å². The summed E-state index contributed by atoms with van der Waals surface area (Å²) in [6.07, 6.45) is 1.81. The van der Waals surface area contributed by atoms with Crippen LogP contribution in [-0.2, 0) is 11.4 Å². The first kappa shape index (κ1) is 19.3. The summed E-state index contributed by atoms with van der Waals surface area (Å²) in [5.74, 6) is 1.08. The maximum atomic E-state index is 12.4. The summed E-state index contributed by atoms with van der Waals surface area (Å²) >= 11 is 0. The number of ether oxygens (including phenoxy) is 1. The fourth-order valence-corrected chi connectivity index (χ4v) is 2.97. The SMILES string of the molecule is Cc1c(COc2ccccc2)cccc1NC(=O)C1CCNCC1.Cl. The Morgan fingerprint density at radius 1 is 1.12 bits per heavy atom. The molecule has 4 nitrogen and oxygen atoms in total. The van der Waals surface area contributed by atoms with Crippen LogP contribution in [0.1, 0.15) is 24.0 Å². The number of carbonyl (C=O) groups excluding carboxylic acids is 1. The molecule has 5 heteroatoms. The van der Waals surface area contributed by atoms with Crippen LogP contribution in [0.4, 0.5) is 5.69 Å². The zero-order valence-corrected chi connectivity index (χ0v) is 15.3. The topological polar surface area (TPSA) is 50.4 Å². The van der Waals surface area contributed by atoms with Gasteiger partial charge in [-0.3, -0.25) is 4.79 Å². The molecule has 0 atom stereocenters. The molecule has 1 fully saturated rings. The van der Waals surface area contributed by atoms with Crippen LogP contribution in [0.25, 0.3) is 0 Å². The number of amides is 1. The lowest BCUT2D eigenvalue weighted by atomic mass is 9.97. The van der Waals surface area contributed by atoms with E-state index in [2.05, 4.69) is 10.6 Å². The molecule has 2 N–H and O–H groups in total. The van der Waals surface area contributed by atoms with Gasteiger partial charge in [0.25, 0.3) is 0 Å². The lowest BCUT2D eigenvalue weighted by Crippen LogP contribution is -2.34. The monoisotopic (exact) mass is 360 g/mol. The van der Waals surface area contributed by atoms with Gasteiger partial charge in [-0.25, -0.2) is 0 Å². The highest BCUT2D eigenvalue weighted by atomic mass is 35.5. The summed E-state index contributed by atoms with van der Waals surface area (Å²) in [5.41, 5.74) is 3.03. The Hall–Kier alpha value is -2.04. The molecule has 0 bridgehead atoms. The van der Waals surface area contributed by atoms with Gasteiger partial charge in [0.1, 0.15) is 12.4 Å². The van der Waals surface area contributed by atoms with Crippen molar-refractivity contribution in [3.05, 3.63) is 59.7 Å². The van der Waals surface area contributed by atoms with Crippen molar-refractivity contribution in [2.45, 2.75) is 26.4 Å². The van der Waals surface area contributed by atoms with Crippen LogP contribution in [0.15, 0.2) is 48.5 Å². The second kappa shape index (κ2) is 9.44. The van der Waals surface area contributed by atoms with Gasteiger partial charge in [0.05, 0.1) is 0 Å². The fraction of sp³-hybridized carbons (Fsp3) is 0.350. The molecule has 1 aliphatic heterocycles. The first-order valence-corrected chi connectivity index (χ1v) is 8.52. The summed E-state index contributed by atoms with van der Waals surface area (Å²) in [6.45, 7) is 4.36. The Labute approximate surface area is 155 Å². The van der Waals surface area contributed by atoms with E-state index in [0.717, 1.165) is 48.5 Å². The van der Waals surface area contributed by atoms with E-state index in [0.29, 0.717) is 6.61 Å². The Balaban J connectivity index is 0.00000225. The first-order chi connectivity index (χ1) is 11.7. The van der Waals surface area contributed by atoms with Gasteiger partial charge in [-0.1, -0.05) is 30.3 Å². The Bertz CT molecular complexity index is 685. The van der Waals surface area contributed by atoms with E-state index < -0.39 is 0 Å². The highest BCUT2D eigenvalue weighted by molar-refractivity contribution is 5.93. The molecule has 1 amide bonds. The first-order valence-electron chi connectivity index (χ1n) is 8.52. The predicted molar refractivity (Wildman–Crippen MR) is 103 cm³/mol. The number of carbonyl (C=O) groups is 1. The molecule has 2 aromatic carbocycles. The van der Waals surface area contributed by atoms with Gasteiger partial charge in [0, 0.05) is 11.6 Å². The molecule has 0 radical (unpaired) electrons. The number of hydrogen-bond donors (Lipinski definition) is 2. The van der Waals surface area contributed by atoms with Crippen LogP contribution < -0.4 is 15.4 Å². The maximum absolute atomic E-state index is 12.4. The minimum atomic E-state index is 0. The number of rotatable bonds is 5. The van der Waals surface area contributed by atoms with E-state index in [-0.39, 0.29) is 24.2 Å². The second-order valence-corrected chi connectivity index (χ2v) is 6.20. The summed E-state index contributed by atoms with van der Waals surface area (Å²) in [7, 11) is 0. The third kappa shape index (κ3) is 5.21. The van der Waals surface area contributed by atoms with Crippen molar-refractivity contribution in [3.63, 3.8) is 0 Å². The highest BCUT2D eigenvalue weighted by Gasteiger charge is 2.21. The normalized spacial score (nSPS) is 14.4. The van der Waals surface area contributed by atoms with Gasteiger partial charge < -0.3 is 15.4 Å². The van der Waals surface area contributed by atoms with E-state index in [1.165, 1.54) is 0 Å². The van der Waals surface area contributed by atoms with Crippen molar-refractivity contribution in [3.8, 4) is 5.75 Å². The second-order valence-electron chi connectivity index (χ2n) is 6.20. The summed E-state index contributed by atoms with van der Waals surface area (Å²) in [6, 6.07) is 15.7. The van der Waals surface area contributed by atoms with Gasteiger partial charge in [-0.2, -0.15) is 0 Å². The number of nitrogens with one attached hydrogen (secondary N) is 2. The van der Waals surface area contributed by atoms with Crippen molar-refractivity contribution < 1.29 is 9.53 Å². The van der Waals surface area contributed by atoms with Crippen molar-refractivity contribution >= 4 is 24.0 Å². The molecule has 1 heterocycles. The Morgan fingerprint density at radius 2 is 1.84 bits per heavy atom. The third-order valence-electron chi connectivity index (χ3n) is 4.55. The van der Waals surface area contributed by atoms with Gasteiger partial charge in [-0.15, -0.1) is 12.4 Å². The summed E-state index contributed by atoms with van der Waals surface area (Å²) < 4.78 is 5.83. The maximum Gasteiger partial charge on any atom is 0.227 e. The third-order valence-corrected chi connectivity index (χ3v) is 4.55. The lowest BCUT2D eigenvalue weighted by Gasteiger charge is -2.22. The number of halogens is 1. The summed E-state index contributed by atoms with van der Waals surface area (Å²) in [4.78, 5) is 12.4. The van der Waals surface area contributed by atoms with Crippen molar-refractivity contribution in [1.82, 2.24) is 5.32 Å². The van der Waals surface area contributed by atoms with E-state index in [1.807, 2.05) is 55.5 Å². The molecule has 134 valence electrons.